The number of hydrogen-bond donors (Lipinski definition) is 2. The average Bonchev–Trinajstić information content (AvgIpc) is 2.97. The molecule has 8 nitrogen and oxygen atoms in total. The van der Waals surface area contributed by atoms with Crippen molar-refractivity contribution in [1.29, 1.82) is 0 Å². The van der Waals surface area contributed by atoms with Crippen molar-refractivity contribution in [3.63, 3.8) is 0 Å². The summed E-state index contributed by atoms with van der Waals surface area (Å²) in [5.74, 6) is -2.34. The van der Waals surface area contributed by atoms with Crippen LogP contribution in [0.4, 0.5) is 23.7 Å². The molecule has 0 aromatic heterocycles. The molecule has 180 valence electrons. The fourth-order valence-electron chi connectivity index (χ4n) is 3.42. The summed E-state index contributed by atoms with van der Waals surface area (Å²) in [5, 5.41) is 5.02. The second-order valence-corrected chi connectivity index (χ2v) is 8.23. The molecule has 2 N–H and O–H groups in total. The maximum atomic E-state index is 13.1. The Hall–Kier alpha value is -3.60. The molecule has 1 saturated heterocycles. The predicted molar refractivity (Wildman–Crippen MR) is 117 cm³/mol. The highest BCUT2D eigenvalue weighted by Gasteiger charge is 2.49. The van der Waals surface area contributed by atoms with E-state index in [1.807, 2.05) is 0 Å². The molecule has 0 saturated carbocycles. The third-order valence-corrected chi connectivity index (χ3v) is 5.52. The molecular weight excluding hydrogens is 477 g/mol. The molecular formula is C22H20ClF3N4O4. The van der Waals surface area contributed by atoms with Crippen molar-refractivity contribution in [2.75, 3.05) is 25.5 Å². The summed E-state index contributed by atoms with van der Waals surface area (Å²) in [4.78, 5) is 51.8. The van der Waals surface area contributed by atoms with E-state index in [0.717, 1.165) is 17.0 Å². The number of likely N-dealkylation sites (N-methyl/N-ethyl adjacent to an activating group) is 1. The van der Waals surface area contributed by atoms with Gasteiger partial charge in [0, 0.05) is 12.1 Å². The van der Waals surface area contributed by atoms with Gasteiger partial charge < -0.3 is 15.5 Å². The third-order valence-electron chi connectivity index (χ3n) is 5.28. The van der Waals surface area contributed by atoms with Crippen molar-refractivity contribution < 1.29 is 32.3 Å². The Morgan fingerprint density at radius 3 is 2.47 bits per heavy atom. The van der Waals surface area contributed by atoms with Crippen LogP contribution in [-0.4, -0.2) is 53.7 Å². The van der Waals surface area contributed by atoms with Crippen LogP contribution in [-0.2, 0) is 26.1 Å². The Balaban J connectivity index is 1.65. The number of para-hydroxylation sites is 1. The van der Waals surface area contributed by atoms with E-state index in [9.17, 15) is 32.3 Å². The summed E-state index contributed by atoms with van der Waals surface area (Å²) in [6.45, 7) is 0.211. The molecule has 2 aromatic carbocycles. The van der Waals surface area contributed by atoms with E-state index in [1.165, 1.54) is 32.2 Å². The maximum absolute atomic E-state index is 13.1. The molecule has 1 aliphatic rings. The minimum atomic E-state index is -4.68. The fourth-order valence-corrected chi connectivity index (χ4v) is 3.61. The van der Waals surface area contributed by atoms with Gasteiger partial charge in [0.15, 0.2) is 0 Å². The van der Waals surface area contributed by atoms with Crippen LogP contribution >= 0.6 is 11.6 Å². The van der Waals surface area contributed by atoms with E-state index in [2.05, 4.69) is 10.6 Å². The molecule has 2 aromatic rings. The van der Waals surface area contributed by atoms with Gasteiger partial charge in [0.05, 0.1) is 17.8 Å². The van der Waals surface area contributed by atoms with Gasteiger partial charge in [-0.25, -0.2) is 4.79 Å². The van der Waals surface area contributed by atoms with Crippen LogP contribution in [0, 0.1) is 0 Å². The van der Waals surface area contributed by atoms with Gasteiger partial charge in [0.25, 0.3) is 5.91 Å². The molecule has 0 aliphatic carbocycles. The number of nitrogens with zero attached hydrogens (tertiary/aromatic N) is 2. The molecule has 1 unspecified atom stereocenters. The smallest absolute Gasteiger partial charge is 0.335 e. The van der Waals surface area contributed by atoms with Crippen LogP contribution < -0.4 is 10.6 Å². The van der Waals surface area contributed by atoms with Crippen molar-refractivity contribution in [3.8, 4) is 0 Å². The molecule has 34 heavy (non-hydrogen) atoms. The van der Waals surface area contributed by atoms with E-state index in [-0.39, 0.29) is 0 Å². The Kier molecular flexibility index (Phi) is 6.87. The van der Waals surface area contributed by atoms with E-state index in [0.29, 0.717) is 15.5 Å². The normalized spacial score (nSPS) is 18.0. The molecule has 0 spiro atoms. The number of anilines is 1. The second kappa shape index (κ2) is 9.34. The largest absolute Gasteiger partial charge is 0.418 e. The number of carbonyl (C=O) groups excluding carboxylic acids is 4. The predicted octanol–water partition coefficient (Wildman–Crippen LogP) is 3.22. The van der Waals surface area contributed by atoms with E-state index in [4.69, 9.17) is 11.6 Å². The highest BCUT2D eigenvalue weighted by atomic mass is 35.5. The molecule has 12 heteroatoms. The molecule has 0 bridgehead atoms. The lowest BCUT2D eigenvalue weighted by atomic mass is 9.92. The summed E-state index contributed by atoms with van der Waals surface area (Å²) < 4.78 is 39.3. The third kappa shape index (κ3) is 5.14. The zero-order chi connectivity index (χ0) is 25.3. The van der Waals surface area contributed by atoms with Crippen LogP contribution in [0.5, 0.6) is 0 Å². The fraction of sp³-hybridized carbons (Fsp3) is 0.273. The summed E-state index contributed by atoms with van der Waals surface area (Å²) in [6, 6.07) is 9.94. The van der Waals surface area contributed by atoms with Gasteiger partial charge >= 0.3 is 12.2 Å². The molecule has 1 aliphatic heterocycles. The monoisotopic (exact) mass is 496 g/mol. The molecule has 1 heterocycles. The van der Waals surface area contributed by atoms with E-state index < -0.39 is 59.8 Å². The van der Waals surface area contributed by atoms with E-state index in [1.54, 1.807) is 18.2 Å². The van der Waals surface area contributed by atoms with Crippen LogP contribution in [0.25, 0.3) is 0 Å². The van der Waals surface area contributed by atoms with Gasteiger partial charge in [-0.1, -0.05) is 35.9 Å². The van der Waals surface area contributed by atoms with Gasteiger partial charge in [-0.3, -0.25) is 19.3 Å². The number of carbonyl (C=O) groups is 4. The number of benzene rings is 2. The summed E-state index contributed by atoms with van der Waals surface area (Å²) in [6.07, 6.45) is -4.68. The van der Waals surface area contributed by atoms with Gasteiger partial charge in [-0.2, -0.15) is 13.2 Å². The first kappa shape index (κ1) is 25.0. The first-order valence-electron chi connectivity index (χ1n) is 9.93. The number of alkyl halides is 3. The van der Waals surface area contributed by atoms with Crippen LogP contribution in [0.1, 0.15) is 18.1 Å². The quantitative estimate of drug-likeness (QED) is 0.600. The standard InChI is InChI=1S/C22H20ClF3N4O4/c1-21(13-6-5-7-14(23)10-13)19(33)30(20(34)28-21)12-18(32)29(2)11-17(31)27-16-9-4-3-8-15(16)22(24,25)26/h3-10H,11-12H2,1-2H3,(H,27,31)(H,28,34). The number of urea groups is 1. The lowest BCUT2D eigenvalue weighted by molar-refractivity contribution is -0.139. The zero-order valence-electron chi connectivity index (χ0n) is 18.1. The Labute approximate surface area is 197 Å². The molecule has 0 radical (unpaired) electrons. The highest BCUT2D eigenvalue weighted by Crippen LogP contribution is 2.34. The number of imide groups is 1. The molecule has 5 amide bonds. The van der Waals surface area contributed by atoms with Gasteiger partial charge in [-0.15, -0.1) is 0 Å². The van der Waals surface area contributed by atoms with Crippen molar-refractivity contribution in [2.24, 2.45) is 0 Å². The topological polar surface area (TPSA) is 98.8 Å². The summed E-state index contributed by atoms with van der Waals surface area (Å²) >= 11 is 5.97. The van der Waals surface area contributed by atoms with Gasteiger partial charge in [-0.05, 0) is 36.8 Å². The van der Waals surface area contributed by atoms with Crippen LogP contribution in [0.3, 0.4) is 0 Å². The summed E-state index contributed by atoms with van der Waals surface area (Å²) in [5.41, 5.74) is -2.51. The van der Waals surface area contributed by atoms with Crippen LogP contribution in [0.2, 0.25) is 5.02 Å². The maximum Gasteiger partial charge on any atom is 0.418 e. The van der Waals surface area contributed by atoms with Gasteiger partial charge in [0.2, 0.25) is 11.8 Å². The highest BCUT2D eigenvalue weighted by molar-refractivity contribution is 6.30. The lowest BCUT2D eigenvalue weighted by Gasteiger charge is -2.23. The molecule has 1 atom stereocenters. The number of rotatable bonds is 6. The SMILES string of the molecule is CN(CC(=O)Nc1ccccc1C(F)(F)F)C(=O)CN1C(=O)NC(C)(c2cccc(Cl)c2)C1=O. The Morgan fingerprint density at radius 2 is 1.82 bits per heavy atom. The number of hydrogen-bond acceptors (Lipinski definition) is 4. The summed E-state index contributed by atoms with van der Waals surface area (Å²) in [7, 11) is 1.23. The van der Waals surface area contributed by atoms with Crippen molar-refractivity contribution in [1.82, 2.24) is 15.1 Å². The second-order valence-electron chi connectivity index (χ2n) is 7.80. The van der Waals surface area contributed by atoms with Crippen LogP contribution in [0.15, 0.2) is 48.5 Å². The average molecular weight is 497 g/mol. The Morgan fingerprint density at radius 1 is 1.15 bits per heavy atom. The minimum absolute atomic E-state index is 0.355. The van der Waals surface area contributed by atoms with Crippen molar-refractivity contribution in [2.45, 2.75) is 18.6 Å². The number of amides is 5. The van der Waals surface area contributed by atoms with Crippen molar-refractivity contribution >= 4 is 41.0 Å². The zero-order valence-corrected chi connectivity index (χ0v) is 18.8. The minimum Gasteiger partial charge on any atom is -0.335 e. The lowest BCUT2D eigenvalue weighted by Crippen LogP contribution is -2.45. The molecule has 1 fully saturated rings. The first-order valence-corrected chi connectivity index (χ1v) is 10.3. The molecule has 3 rings (SSSR count). The first-order chi connectivity index (χ1) is 15.8. The van der Waals surface area contributed by atoms with Crippen molar-refractivity contribution in [3.05, 3.63) is 64.7 Å². The van der Waals surface area contributed by atoms with Gasteiger partial charge in [0.1, 0.15) is 12.1 Å². The van der Waals surface area contributed by atoms with E-state index >= 15 is 0 Å². The number of nitrogens with one attached hydrogen (secondary N) is 2. The Bertz CT molecular complexity index is 1160. The number of halogens is 4.